The van der Waals surface area contributed by atoms with Crippen LogP contribution in [0, 0.1) is 0 Å². The van der Waals surface area contributed by atoms with Crippen LogP contribution in [0.1, 0.15) is 168 Å². The monoisotopic (exact) mass is 923 g/mol. The van der Waals surface area contributed by atoms with E-state index in [9.17, 15) is 39.8 Å². The maximum absolute atomic E-state index is 12.8. The van der Waals surface area contributed by atoms with Gasteiger partial charge in [0.05, 0.1) is 13.2 Å². The molecule has 13 heteroatoms. The van der Waals surface area contributed by atoms with E-state index in [4.69, 9.17) is 18.5 Å². The number of phosphoric acid groups is 1. The number of carbonyl (C=O) groups excluding carboxylic acids is 1. The first-order chi connectivity index (χ1) is 31.0. The van der Waals surface area contributed by atoms with Crippen molar-refractivity contribution in [3.63, 3.8) is 0 Å². The highest BCUT2D eigenvalue weighted by atomic mass is 31.2. The number of carbonyl (C=O) groups is 1. The highest BCUT2D eigenvalue weighted by Crippen LogP contribution is 2.47. The molecule has 64 heavy (non-hydrogen) atoms. The molecule has 0 aliphatic heterocycles. The summed E-state index contributed by atoms with van der Waals surface area (Å²) in [4.78, 5) is 23.2. The van der Waals surface area contributed by atoms with Gasteiger partial charge in [0.15, 0.2) is 0 Å². The van der Waals surface area contributed by atoms with Crippen LogP contribution in [0.3, 0.4) is 0 Å². The van der Waals surface area contributed by atoms with E-state index in [-0.39, 0.29) is 13.0 Å². The number of phosphoric ester groups is 1. The molecule has 0 bridgehead atoms. The molecule has 6 atom stereocenters. The van der Waals surface area contributed by atoms with Gasteiger partial charge >= 0.3 is 13.8 Å². The van der Waals surface area contributed by atoms with Gasteiger partial charge in [0.1, 0.15) is 42.7 Å². The maximum atomic E-state index is 12.8. The fraction of sp³-hybridized carbons (Fsp3) is 0.706. The lowest BCUT2D eigenvalue weighted by Gasteiger charge is -2.41. The summed E-state index contributed by atoms with van der Waals surface area (Å²) in [7, 11) is -5.03. The Bertz CT molecular complexity index is 1380. The second kappa shape index (κ2) is 40.8. The van der Waals surface area contributed by atoms with Crippen LogP contribution in [0.2, 0.25) is 0 Å². The molecule has 6 unspecified atom stereocenters. The van der Waals surface area contributed by atoms with Crippen molar-refractivity contribution >= 4 is 13.8 Å². The third-order valence-corrected chi connectivity index (χ3v) is 11.7. The molecular weight excluding hydrogens is 836 g/mol. The highest BCUT2D eigenvalue weighted by molar-refractivity contribution is 7.47. The summed E-state index contributed by atoms with van der Waals surface area (Å²) < 4.78 is 34.2. The molecule has 6 N–H and O–H groups in total. The minimum atomic E-state index is -5.03. The first kappa shape index (κ1) is 59.5. The van der Waals surface area contributed by atoms with Crippen LogP contribution < -0.4 is 0 Å². The minimum Gasteiger partial charge on any atom is -0.457 e. The Kier molecular flexibility index (Phi) is 37.9. The van der Waals surface area contributed by atoms with Crippen LogP contribution in [-0.2, 0) is 27.9 Å². The summed E-state index contributed by atoms with van der Waals surface area (Å²) in [6.45, 7) is 3.97. The van der Waals surface area contributed by atoms with Gasteiger partial charge in [0.25, 0.3) is 0 Å². The first-order valence-corrected chi connectivity index (χ1v) is 25.9. The van der Waals surface area contributed by atoms with Crippen LogP contribution in [0.25, 0.3) is 0 Å². The Labute approximate surface area is 386 Å². The Morgan fingerprint density at radius 2 is 0.875 bits per heavy atom. The zero-order chi connectivity index (χ0) is 46.9. The maximum Gasteiger partial charge on any atom is 0.472 e. The van der Waals surface area contributed by atoms with Crippen molar-refractivity contribution < 1.29 is 58.3 Å². The molecule has 12 nitrogen and oxygen atoms in total. The normalized spacial score (nSPS) is 22.4. The van der Waals surface area contributed by atoms with Gasteiger partial charge in [-0.15, -0.1) is 0 Å². The van der Waals surface area contributed by atoms with Crippen molar-refractivity contribution in [2.75, 3.05) is 19.8 Å². The Morgan fingerprint density at radius 1 is 0.500 bits per heavy atom. The van der Waals surface area contributed by atoms with E-state index >= 15 is 0 Å². The summed E-state index contributed by atoms with van der Waals surface area (Å²) in [5, 5.41) is 50.2. The quantitative estimate of drug-likeness (QED) is 0.0148. The van der Waals surface area contributed by atoms with E-state index in [0.717, 1.165) is 103 Å². The molecule has 1 saturated carbocycles. The van der Waals surface area contributed by atoms with Crippen molar-refractivity contribution in [1.29, 1.82) is 0 Å². The van der Waals surface area contributed by atoms with Gasteiger partial charge in [-0.1, -0.05) is 163 Å². The fourth-order valence-electron chi connectivity index (χ4n) is 6.95. The van der Waals surface area contributed by atoms with E-state index < -0.39 is 63.1 Å². The molecule has 0 aromatic heterocycles. The van der Waals surface area contributed by atoms with Gasteiger partial charge in [0, 0.05) is 13.0 Å². The average Bonchev–Trinajstić information content (AvgIpc) is 3.28. The zero-order valence-corrected chi connectivity index (χ0v) is 40.2. The molecule has 0 saturated heterocycles. The number of ether oxygens (including phenoxy) is 2. The van der Waals surface area contributed by atoms with Gasteiger partial charge in [-0.25, -0.2) is 4.57 Å². The largest absolute Gasteiger partial charge is 0.472 e. The fourth-order valence-corrected chi connectivity index (χ4v) is 7.92. The van der Waals surface area contributed by atoms with Gasteiger partial charge in [0.2, 0.25) is 0 Å². The second-order valence-corrected chi connectivity index (χ2v) is 18.0. The molecule has 1 aliphatic rings. The number of aliphatic hydroxyl groups excluding tert-OH is 5. The summed E-state index contributed by atoms with van der Waals surface area (Å²) in [6.07, 6.45) is 42.2. The van der Waals surface area contributed by atoms with E-state index in [0.29, 0.717) is 13.0 Å². The van der Waals surface area contributed by atoms with Crippen molar-refractivity contribution in [1.82, 2.24) is 0 Å². The third kappa shape index (κ3) is 32.2. The van der Waals surface area contributed by atoms with Crippen molar-refractivity contribution in [2.24, 2.45) is 0 Å². The SMILES string of the molecule is CC/C=C\C/C=C\C/C=C\C/C=C\CCCCCCCCCCCCC(=O)OC(COCCCCCC/C=C\C/C=C\C/C=C\CC)COP(=O)(O)OC1C(O)C(O)C(O)C(O)C1O. The zero-order valence-electron chi connectivity index (χ0n) is 39.3. The number of unbranched alkanes of at least 4 members (excludes halogenated alkanes) is 14. The predicted octanol–water partition coefficient (Wildman–Crippen LogP) is 10.5. The number of rotatable bonds is 40. The number of aliphatic hydroxyl groups is 5. The van der Waals surface area contributed by atoms with Crippen molar-refractivity contribution in [2.45, 2.75) is 211 Å². The van der Waals surface area contributed by atoms with Crippen LogP contribution in [0.15, 0.2) is 85.1 Å². The number of esters is 1. The minimum absolute atomic E-state index is 0.0982. The second-order valence-electron chi connectivity index (χ2n) is 16.5. The van der Waals surface area contributed by atoms with E-state index in [1.54, 1.807) is 0 Å². The lowest BCUT2D eigenvalue weighted by Crippen LogP contribution is -2.64. The molecular formula is C51H87O12P. The third-order valence-electron chi connectivity index (χ3n) is 10.8. The Hall–Kier alpha value is -2.48. The molecule has 0 heterocycles. The smallest absolute Gasteiger partial charge is 0.457 e. The van der Waals surface area contributed by atoms with Crippen LogP contribution >= 0.6 is 7.82 Å². The van der Waals surface area contributed by atoms with Crippen molar-refractivity contribution in [3.8, 4) is 0 Å². The molecule has 0 amide bonds. The molecule has 0 aromatic carbocycles. The molecule has 0 radical (unpaired) electrons. The average molecular weight is 923 g/mol. The van der Waals surface area contributed by atoms with Crippen molar-refractivity contribution in [3.05, 3.63) is 85.1 Å². The summed E-state index contributed by atoms with van der Waals surface area (Å²) >= 11 is 0. The number of hydrogen-bond acceptors (Lipinski definition) is 11. The Balaban J connectivity index is 2.36. The van der Waals surface area contributed by atoms with Crippen LogP contribution in [0.4, 0.5) is 0 Å². The van der Waals surface area contributed by atoms with Crippen LogP contribution in [-0.4, -0.2) is 98.9 Å². The number of allylic oxidation sites excluding steroid dienone is 14. The molecule has 0 spiro atoms. The van der Waals surface area contributed by atoms with E-state index in [1.165, 1.54) is 38.5 Å². The topological polar surface area (TPSA) is 192 Å². The lowest BCUT2D eigenvalue weighted by molar-refractivity contribution is -0.220. The highest BCUT2D eigenvalue weighted by Gasteiger charge is 2.51. The van der Waals surface area contributed by atoms with E-state index in [2.05, 4.69) is 98.9 Å². The summed E-state index contributed by atoms with van der Waals surface area (Å²) in [5.41, 5.74) is 0. The molecule has 1 rings (SSSR count). The van der Waals surface area contributed by atoms with Gasteiger partial charge in [-0.3, -0.25) is 13.8 Å². The van der Waals surface area contributed by atoms with Gasteiger partial charge in [-0.2, -0.15) is 0 Å². The molecule has 0 aromatic rings. The number of hydrogen-bond donors (Lipinski definition) is 6. The summed E-state index contributed by atoms with van der Waals surface area (Å²) in [6, 6.07) is 0. The summed E-state index contributed by atoms with van der Waals surface area (Å²) in [5.74, 6) is -0.494. The van der Waals surface area contributed by atoms with Gasteiger partial charge in [-0.05, 0) is 83.5 Å². The standard InChI is InChI=1S/C51H87O12P/c1-3-5-7-9-11-13-15-17-19-20-21-22-23-24-25-26-27-28-30-32-34-36-38-40-45(52)62-44(42-60-41-39-37-35-33-31-29-18-16-14-12-10-8-6-4-2)43-61-64(58,59)63-51-49(56)47(54)46(53)48(55)50(51)57/h5-8,11-14,17-19,21-22,29,44,46-51,53-57H,3-4,9-10,15-16,20,23-28,30-43H2,1-2H3,(H,58,59)/b7-5-,8-6-,13-11-,14-12-,19-17-,22-21-,29-18-. The first-order valence-electron chi connectivity index (χ1n) is 24.4. The van der Waals surface area contributed by atoms with Crippen LogP contribution in [0.5, 0.6) is 0 Å². The van der Waals surface area contributed by atoms with Gasteiger partial charge < -0.3 is 39.9 Å². The molecule has 368 valence electrons. The predicted molar refractivity (Wildman–Crippen MR) is 258 cm³/mol. The lowest BCUT2D eigenvalue weighted by atomic mass is 9.85. The Morgan fingerprint density at radius 3 is 1.33 bits per heavy atom. The molecule has 1 fully saturated rings. The van der Waals surface area contributed by atoms with E-state index in [1.807, 2.05) is 0 Å². The molecule has 1 aliphatic carbocycles.